The number of halogens is 2. The van der Waals surface area contributed by atoms with E-state index in [2.05, 4.69) is 0 Å². The third-order valence-corrected chi connectivity index (χ3v) is 3.42. The zero-order chi connectivity index (χ0) is 12.5. The maximum atomic E-state index is 11.0. The van der Waals surface area contributed by atoms with E-state index in [1.54, 1.807) is 6.08 Å². The normalized spacial score (nSPS) is 23.9. The van der Waals surface area contributed by atoms with Gasteiger partial charge in [0, 0.05) is 11.5 Å². The second kappa shape index (κ2) is 4.55. The van der Waals surface area contributed by atoms with Crippen LogP contribution in [0.1, 0.15) is 12.0 Å². The Hall–Kier alpha value is -1.25. The van der Waals surface area contributed by atoms with Crippen molar-refractivity contribution in [2.75, 3.05) is 0 Å². The van der Waals surface area contributed by atoms with Crippen LogP contribution in [-0.2, 0) is 4.79 Å². The van der Waals surface area contributed by atoms with E-state index < -0.39 is 10.8 Å². The lowest BCUT2D eigenvalue weighted by Crippen LogP contribution is -2.31. The Labute approximate surface area is 109 Å². The van der Waals surface area contributed by atoms with Gasteiger partial charge in [0.15, 0.2) is 4.87 Å². The van der Waals surface area contributed by atoms with Crippen LogP contribution in [0.15, 0.2) is 47.5 Å². The molecule has 0 saturated carbocycles. The maximum absolute atomic E-state index is 11.0. The Balaban J connectivity index is 2.36. The van der Waals surface area contributed by atoms with Crippen molar-refractivity contribution in [1.82, 2.24) is 0 Å². The fraction of sp³-hybridized carbons (Fsp3) is 0.154. The molecule has 88 valence electrons. The minimum Gasteiger partial charge on any atom is -0.480 e. The van der Waals surface area contributed by atoms with Crippen molar-refractivity contribution in [1.29, 1.82) is 0 Å². The molecule has 1 aliphatic carbocycles. The number of benzene rings is 1. The molecule has 1 atom stereocenters. The van der Waals surface area contributed by atoms with Crippen LogP contribution < -0.4 is 0 Å². The smallest absolute Gasteiger partial charge is 0.329 e. The molecule has 1 aromatic rings. The van der Waals surface area contributed by atoms with Gasteiger partial charge in [-0.2, -0.15) is 0 Å². The quantitative estimate of drug-likeness (QED) is 0.832. The first-order valence-electron chi connectivity index (χ1n) is 5.08. The molecule has 1 aliphatic rings. The molecule has 0 bridgehead atoms. The summed E-state index contributed by atoms with van der Waals surface area (Å²) in [6.45, 7) is 0. The zero-order valence-electron chi connectivity index (χ0n) is 8.86. The highest BCUT2D eigenvalue weighted by atomic mass is 35.5. The topological polar surface area (TPSA) is 37.3 Å². The number of carbonyl (C=O) groups is 1. The Morgan fingerprint density at radius 2 is 1.94 bits per heavy atom. The molecule has 0 radical (unpaired) electrons. The molecule has 0 amide bonds. The first kappa shape index (κ1) is 12.2. The van der Waals surface area contributed by atoms with E-state index in [1.807, 2.05) is 30.3 Å². The SMILES string of the molecule is O=C(O)C1(Cl)C=CC(c2ccccc2)=C(Cl)C1. The second-order valence-electron chi connectivity index (χ2n) is 3.86. The monoisotopic (exact) mass is 268 g/mol. The van der Waals surface area contributed by atoms with Crippen molar-refractivity contribution in [3.8, 4) is 0 Å². The van der Waals surface area contributed by atoms with Gasteiger partial charge in [-0.05, 0) is 11.1 Å². The van der Waals surface area contributed by atoms with Crippen molar-refractivity contribution >= 4 is 34.7 Å². The van der Waals surface area contributed by atoms with Crippen molar-refractivity contribution < 1.29 is 9.90 Å². The molecule has 0 spiro atoms. The van der Waals surface area contributed by atoms with E-state index in [1.165, 1.54) is 6.08 Å². The molecule has 1 aromatic carbocycles. The van der Waals surface area contributed by atoms with Gasteiger partial charge in [-0.3, -0.25) is 0 Å². The minimum absolute atomic E-state index is 0.103. The third kappa shape index (κ3) is 2.38. The second-order valence-corrected chi connectivity index (χ2v) is 4.99. The average molecular weight is 269 g/mol. The van der Waals surface area contributed by atoms with E-state index >= 15 is 0 Å². The number of carboxylic acid groups (broad SMARTS) is 1. The van der Waals surface area contributed by atoms with E-state index in [4.69, 9.17) is 28.3 Å². The Morgan fingerprint density at radius 1 is 1.29 bits per heavy atom. The molecule has 2 rings (SSSR count). The Morgan fingerprint density at radius 3 is 2.47 bits per heavy atom. The van der Waals surface area contributed by atoms with Crippen LogP contribution in [-0.4, -0.2) is 16.0 Å². The van der Waals surface area contributed by atoms with Gasteiger partial charge in [-0.1, -0.05) is 54.1 Å². The predicted molar refractivity (Wildman–Crippen MR) is 69.2 cm³/mol. The summed E-state index contributed by atoms with van der Waals surface area (Å²) in [5.41, 5.74) is 1.78. The lowest BCUT2D eigenvalue weighted by molar-refractivity contribution is -0.138. The van der Waals surface area contributed by atoms with Crippen LogP contribution in [0.2, 0.25) is 0 Å². The third-order valence-electron chi connectivity index (χ3n) is 2.66. The molecule has 0 aromatic heterocycles. The summed E-state index contributed by atoms with van der Waals surface area (Å²) in [6, 6.07) is 9.56. The van der Waals surface area contributed by atoms with Crippen molar-refractivity contribution in [2.24, 2.45) is 0 Å². The molecule has 4 heteroatoms. The number of carboxylic acids is 1. The first-order chi connectivity index (χ1) is 8.03. The van der Waals surface area contributed by atoms with Crippen LogP contribution in [0.3, 0.4) is 0 Å². The summed E-state index contributed by atoms with van der Waals surface area (Å²) < 4.78 is 0. The minimum atomic E-state index is -1.42. The highest BCUT2D eigenvalue weighted by molar-refractivity contribution is 6.39. The fourth-order valence-electron chi connectivity index (χ4n) is 1.70. The van der Waals surface area contributed by atoms with Gasteiger partial charge in [0.05, 0.1) is 0 Å². The number of allylic oxidation sites excluding steroid dienone is 3. The van der Waals surface area contributed by atoms with Crippen molar-refractivity contribution in [3.63, 3.8) is 0 Å². The van der Waals surface area contributed by atoms with Crippen LogP contribution >= 0.6 is 23.2 Å². The number of aliphatic carboxylic acids is 1. The largest absolute Gasteiger partial charge is 0.480 e. The van der Waals surface area contributed by atoms with Gasteiger partial charge in [-0.25, -0.2) is 4.79 Å². The maximum Gasteiger partial charge on any atom is 0.329 e. The number of rotatable bonds is 2. The Kier molecular flexibility index (Phi) is 3.27. The predicted octanol–water partition coefficient (Wildman–Crippen LogP) is 3.66. The van der Waals surface area contributed by atoms with Crippen LogP contribution in [0.4, 0.5) is 0 Å². The van der Waals surface area contributed by atoms with Crippen LogP contribution in [0.5, 0.6) is 0 Å². The standard InChI is InChI=1S/C13H10Cl2O2/c14-11-8-13(15,12(16)17)7-6-10(11)9-4-2-1-3-5-9/h1-7H,8H2,(H,16,17). The lowest BCUT2D eigenvalue weighted by Gasteiger charge is -2.23. The van der Waals surface area contributed by atoms with Gasteiger partial charge in [-0.15, -0.1) is 11.6 Å². The van der Waals surface area contributed by atoms with E-state index in [0.29, 0.717) is 5.03 Å². The van der Waals surface area contributed by atoms with Gasteiger partial charge in [0.1, 0.15) is 0 Å². The van der Waals surface area contributed by atoms with Crippen molar-refractivity contribution in [3.05, 3.63) is 53.1 Å². The average Bonchev–Trinajstić information content (AvgIpc) is 2.30. The molecule has 1 unspecified atom stereocenters. The van der Waals surface area contributed by atoms with Gasteiger partial charge in [0.25, 0.3) is 0 Å². The summed E-state index contributed by atoms with van der Waals surface area (Å²) in [5.74, 6) is -1.08. The summed E-state index contributed by atoms with van der Waals surface area (Å²) in [6.07, 6.45) is 3.25. The molecule has 2 nitrogen and oxygen atoms in total. The summed E-state index contributed by atoms with van der Waals surface area (Å²) in [5, 5.41) is 9.48. The molecule has 0 saturated heterocycles. The first-order valence-corrected chi connectivity index (χ1v) is 5.84. The highest BCUT2D eigenvalue weighted by Crippen LogP contribution is 2.38. The molecule has 0 heterocycles. The van der Waals surface area contributed by atoms with Gasteiger partial charge < -0.3 is 5.11 Å². The van der Waals surface area contributed by atoms with Crippen molar-refractivity contribution in [2.45, 2.75) is 11.3 Å². The molecule has 0 aliphatic heterocycles. The molecule has 17 heavy (non-hydrogen) atoms. The highest BCUT2D eigenvalue weighted by Gasteiger charge is 2.37. The van der Waals surface area contributed by atoms with Crippen LogP contribution in [0, 0.1) is 0 Å². The number of hydrogen-bond acceptors (Lipinski definition) is 1. The van der Waals surface area contributed by atoms with Crippen LogP contribution in [0.25, 0.3) is 5.57 Å². The van der Waals surface area contributed by atoms with Gasteiger partial charge in [0.2, 0.25) is 0 Å². The number of alkyl halides is 1. The van der Waals surface area contributed by atoms with E-state index in [9.17, 15) is 4.79 Å². The fourth-order valence-corrected chi connectivity index (χ4v) is 2.35. The number of hydrogen-bond donors (Lipinski definition) is 1. The molecular weight excluding hydrogens is 259 g/mol. The summed E-state index contributed by atoms with van der Waals surface area (Å²) >= 11 is 12.1. The summed E-state index contributed by atoms with van der Waals surface area (Å²) in [4.78, 5) is 9.58. The molecule has 1 N–H and O–H groups in total. The lowest BCUT2D eigenvalue weighted by atomic mass is 9.92. The zero-order valence-corrected chi connectivity index (χ0v) is 10.4. The van der Waals surface area contributed by atoms with E-state index in [-0.39, 0.29) is 6.42 Å². The Bertz CT molecular complexity index is 505. The van der Waals surface area contributed by atoms with E-state index in [0.717, 1.165) is 11.1 Å². The van der Waals surface area contributed by atoms with Gasteiger partial charge >= 0.3 is 5.97 Å². The molecule has 0 fully saturated rings. The summed E-state index contributed by atoms with van der Waals surface area (Å²) in [7, 11) is 0. The molecular formula is C13H10Cl2O2.